The van der Waals surface area contributed by atoms with Gasteiger partial charge in [0, 0.05) is 6.42 Å². The molecule has 0 bridgehead atoms. The zero-order valence-electron chi connectivity index (χ0n) is 40.0. The molecule has 2 atom stereocenters. The lowest BCUT2D eigenvalue weighted by atomic mass is 10.0. The van der Waals surface area contributed by atoms with Crippen LogP contribution in [-0.4, -0.2) is 34.9 Å². The fourth-order valence-corrected chi connectivity index (χ4v) is 8.27. The van der Waals surface area contributed by atoms with Crippen molar-refractivity contribution in [1.29, 1.82) is 0 Å². The van der Waals surface area contributed by atoms with Gasteiger partial charge in [-0.1, -0.05) is 269 Å². The fraction of sp³-hybridized carbons (Fsp3) is 0.873. The Balaban J connectivity index is 3.48. The maximum atomic E-state index is 12.4. The van der Waals surface area contributed by atoms with E-state index in [4.69, 9.17) is 0 Å². The summed E-state index contributed by atoms with van der Waals surface area (Å²) in [6, 6.07) is -0.625. The summed E-state index contributed by atoms with van der Waals surface area (Å²) < 4.78 is 0. The van der Waals surface area contributed by atoms with E-state index >= 15 is 0 Å². The van der Waals surface area contributed by atoms with Gasteiger partial charge in [0.2, 0.25) is 5.91 Å². The summed E-state index contributed by atoms with van der Waals surface area (Å²) in [5.74, 6) is -0.0658. The van der Waals surface area contributed by atoms with Gasteiger partial charge in [-0.25, -0.2) is 0 Å². The molecular formula is C55H105NO3. The van der Waals surface area contributed by atoms with E-state index in [9.17, 15) is 15.0 Å². The number of allylic oxidation sites excluding steroid dienone is 5. The van der Waals surface area contributed by atoms with Crippen LogP contribution < -0.4 is 5.32 Å². The topological polar surface area (TPSA) is 69.6 Å². The highest BCUT2D eigenvalue weighted by atomic mass is 16.3. The van der Waals surface area contributed by atoms with Crippen molar-refractivity contribution >= 4 is 5.91 Å². The zero-order chi connectivity index (χ0) is 42.8. The molecule has 0 aliphatic carbocycles. The van der Waals surface area contributed by atoms with Crippen LogP contribution in [0.2, 0.25) is 0 Å². The quantitative estimate of drug-likeness (QED) is 0.0423. The van der Waals surface area contributed by atoms with Crippen LogP contribution in [0.15, 0.2) is 36.5 Å². The lowest BCUT2D eigenvalue weighted by Crippen LogP contribution is -2.45. The van der Waals surface area contributed by atoms with E-state index < -0.39 is 12.1 Å². The van der Waals surface area contributed by atoms with Crippen LogP contribution in [0.3, 0.4) is 0 Å². The zero-order valence-corrected chi connectivity index (χ0v) is 40.0. The molecule has 59 heavy (non-hydrogen) atoms. The molecule has 0 aromatic heterocycles. The number of hydrogen-bond donors (Lipinski definition) is 3. The molecule has 3 N–H and O–H groups in total. The van der Waals surface area contributed by atoms with Crippen LogP contribution in [0.4, 0.5) is 0 Å². The van der Waals surface area contributed by atoms with Crippen molar-refractivity contribution in [2.24, 2.45) is 0 Å². The highest BCUT2D eigenvalue weighted by molar-refractivity contribution is 5.76. The highest BCUT2D eigenvalue weighted by Crippen LogP contribution is 2.17. The minimum Gasteiger partial charge on any atom is -0.394 e. The molecule has 2 unspecified atom stereocenters. The number of carbonyl (C=O) groups excluding carboxylic acids is 1. The van der Waals surface area contributed by atoms with Gasteiger partial charge in [-0.05, 0) is 51.4 Å². The van der Waals surface area contributed by atoms with Crippen LogP contribution >= 0.6 is 0 Å². The summed E-state index contributed by atoms with van der Waals surface area (Å²) >= 11 is 0. The van der Waals surface area contributed by atoms with E-state index in [2.05, 4.69) is 43.5 Å². The third kappa shape index (κ3) is 47.5. The summed E-state index contributed by atoms with van der Waals surface area (Å²) in [6.45, 7) is 4.31. The molecule has 0 radical (unpaired) electrons. The fourth-order valence-electron chi connectivity index (χ4n) is 8.27. The molecule has 0 rings (SSSR count). The maximum absolute atomic E-state index is 12.4. The van der Waals surface area contributed by atoms with Crippen molar-refractivity contribution in [3.05, 3.63) is 36.5 Å². The van der Waals surface area contributed by atoms with E-state index in [0.717, 1.165) is 32.1 Å². The molecule has 0 heterocycles. The molecule has 348 valence electrons. The normalized spacial score (nSPS) is 13.1. The lowest BCUT2D eigenvalue weighted by Gasteiger charge is -2.20. The first kappa shape index (κ1) is 57.6. The Morgan fingerprint density at radius 2 is 0.695 bits per heavy atom. The standard InChI is InChI=1S/C55H105NO3/c1-3-5-7-9-11-13-15-17-19-21-23-24-25-26-27-28-29-30-31-33-34-36-38-40-42-44-46-48-50-54(58)53(52-57)56-55(59)51-49-47-45-43-41-39-37-35-32-22-20-18-16-14-12-10-8-6-4-2/h12,14,18,20,48,50,53-54,57-58H,3-11,13,15-17,19,21-47,49,51-52H2,1-2H3,(H,56,59)/b14-12-,20-18-,50-48+. The second-order valence-corrected chi connectivity index (χ2v) is 18.3. The maximum Gasteiger partial charge on any atom is 0.220 e. The van der Waals surface area contributed by atoms with Crippen LogP contribution in [-0.2, 0) is 4.79 Å². The second-order valence-electron chi connectivity index (χ2n) is 18.3. The number of unbranched alkanes of at least 4 members (excludes halogenated alkanes) is 38. The SMILES string of the molecule is CCCCC/C=C\C/C=C\CCCCCCCCCCCC(=O)NC(CO)C(O)/C=C/CCCCCCCCCCCCCCCCCCCCCCCCCCCC. The molecule has 0 fully saturated rings. The molecular weight excluding hydrogens is 723 g/mol. The molecule has 4 heteroatoms. The van der Waals surface area contributed by atoms with Gasteiger partial charge in [0.15, 0.2) is 0 Å². The van der Waals surface area contributed by atoms with Gasteiger partial charge in [0.05, 0.1) is 18.8 Å². The number of amides is 1. The number of aliphatic hydroxyl groups excluding tert-OH is 2. The summed E-state index contributed by atoms with van der Waals surface area (Å²) in [6.07, 6.45) is 68.6. The predicted octanol–water partition coefficient (Wildman–Crippen LogP) is 17.3. The Labute approximate surface area is 370 Å². The Hall–Kier alpha value is -1.39. The molecule has 0 spiro atoms. The van der Waals surface area contributed by atoms with E-state index in [1.54, 1.807) is 6.08 Å². The second kappa shape index (κ2) is 51.0. The summed E-state index contributed by atoms with van der Waals surface area (Å²) in [5, 5.41) is 23.1. The molecule has 0 aromatic carbocycles. The molecule has 0 saturated heterocycles. The van der Waals surface area contributed by atoms with Crippen LogP contribution in [0, 0.1) is 0 Å². The van der Waals surface area contributed by atoms with Crippen molar-refractivity contribution in [2.45, 2.75) is 302 Å². The van der Waals surface area contributed by atoms with Crippen molar-refractivity contribution in [3.63, 3.8) is 0 Å². The van der Waals surface area contributed by atoms with Gasteiger partial charge < -0.3 is 15.5 Å². The lowest BCUT2D eigenvalue weighted by molar-refractivity contribution is -0.123. The number of hydrogen-bond acceptors (Lipinski definition) is 3. The predicted molar refractivity (Wildman–Crippen MR) is 262 cm³/mol. The number of carbonyl (C=O) groups is 1. The first-order chi connectivity index (χ1) is 29.2. The summed E-state index contributed by atoms with van der Waals surface area (Å²) in [4.78, 5) is 12.4. The molecule has 0 saturated carbocycles. The van der Waals surface area contributed by atoms with Crippen molar-refractivity contribution in [3.8, 4) is 0 Å². The van der Waals surface area contributed by atoms with E-state index in [0.29, 0.717) is 6.42 Å². The van der Waals surface area contributed by atoms with Gasteiger partial charge in [0.1, 0.15) is 0 Å². The molecule has 0 aromatic rings. The largest absolute Gasteiger partial charge is 0.394 e. The van der Waals surface area contributed by atoms with E-state index in [-0.39, 0.29) is 12.5 Å². The minimum atomic E-state index is -0.841. The van der Waals surface area contributed by atoms with E-state index in [1.165, 1.54) is 238 Å². The van der Waals surface area contributed by atoms with E-state index in [1.807, 2.05) is 6.08 Å². The highest BCUT2D eigenvalue weighted by Gasteiger charge is 2.18. The van der Waals surface area contributed by atoms with Gasteiger partial charge in [-0.2, -0.15) is 0 Å². The Kier molecular flexibility index (Phi) is 49.8. The number of aliphatic hydroxyl groups is 2. The monoisotopic (exact) mass is 828 g/mol. The molecule has 0 aliphatic heterocycles. The van der Waals surface area contributed by atoms with Crippen molar-refractivity contribution in [1.82, 2.24) is 5.32 Å². The van der Waals surface area contributed by atoms with Crippen LogP contribution in [0.25, 0.3) is 0 Å². The molecule has 0 aliphatic rings. The third-order valence-electron chi connectivity index (χ3n) is 12.4. The Morgan fingerprint density at radius 3 is 1.05 bits per heavy atom. The number of rotatable bonds is 49. The molecule has 1 amide bonds. The average Bonchev–Trinajstić information content (AvgIpc) is 3.24. The van der Waals surface area contributed by atoms with Crippen molar-refractivity contribution in [2.75, 3.05) is 6.61 Å². The molecule has 4 nitrogen and oxygen atoms in total. The minimum absolute atomic E-state index is 0.0658. The number of nitrogens with one attached hydrogen (secondary N) is 1. The summed E-state index contributed by atoms with van der Waals surface area (Å²) in [5.41, 5.74) is 0. The summed E-state index contributed by atoms with van der Waals surface area (Å²) in [7, 11) is 0. The average molecular weight is 828 g/mol. The Morgan fingerprint density at radius 1 is 0.407 bits per heavy atom. The van der Waals surface area contributed by atoms with Gasteiger partial charge in [0.25, 0.3) is 0 Å². The van der Waals surface area contributed by atoms with Crippen LogP contribution in [0.1, 0.15) is 290 Å². The third-order valence-corrected chi connectivity index (χ3v) is 12.4. The van der Waals surface area contributed by atoms with Gasteiger partial charge in [-0.3, -0.25) is 4.79 Å². The van der Waals surface area contributed by atoms with Gasteiger partial charge >= 0.3 is 0 Å². The van der Waals surface area contributed by atoms with Crippen LogP contribution in [0.5, 0.6) is 0 Å². The smallest absolute Gasteiger partial charge is 0.220 e. The van der Waals surface area contributed by atoms with Crippen molar-refractivity contribution < 1.29 is 15.0 Å². The first-order valence-corrected chi connectivity index (χ1v) is 26.7. The first-order valence-electron chi connectivity index (χ1n) is 26.7. The Bertz CT molecular complexity index is 897. The van der Waals surface area contributed by atoms with Gasteiger partial charge in [-0.15, -0.1) is 0 Å².